The molecule has 0 atom stereocenters. The molecule has 2 heterocycles. The van der Waals surface area contributed by atoms with Gasteiger partial charge in [-0.15, -0.1) is 0 Å². The first kappa shape index (κ1) is 23.2. The fraction of sp³-hybridized carbons (Fsp3) is 0.103. The molecular formula is C29H24ClN3OS. The van der Waals surface area contributed by atoms with Gasteiger partial charge in [0.2, 0.25) is 0 Å². The molecule has 1 aliphatic rings. The number of rotatable bonds is 4. The summed E-state index contributed by atoms with van der Waals surface area (Å²) in [6, 6.07) is 26.5. The monoisotopic (exact) mass is 497 g/mol. The van der Waals surface area contributed by atoms with Gasteiger partial charge in [-0.3, -0.25) is 4.79 Å². The van der Waals surface area contributed by atoms with Gasteiger partial charge in [-0.1, -0.05) is 54.1 Å². The molecule has 3 aromatic carbocycles. The van der Waals surface area contributed by atoms with E-state index in [0.29, 0.717) is 15.1 Å². The van der Waals surface area contributed by atoms with Gasteiger partial charge in [-0.2, -0.15) is 0 Å². The zero-order valence-corrected chi connectivity index (χ0v) is 21.2. The van der Waals surface area contributed by atoms with Crippen molar-refractivity contribution >= 4 is 46.2 Å². The van der Waals surface area contributed by atoms with Crippen LogP contribution in [-0.2, 0) is 4.79 Å². The molecule has 4 nitrogen and oxygen atoms in total. The summed E-state index contributed by atoms with van der Waals surface area (Å²) >= 11 is 7.39. The number of aliphatic imine (C=N–C) groups is 1. The number of amidine groups is 1. The number of carbonyl (C=O) groups excluding carboxylic acids is 1. The lowest BCUT2D eigenvalue weighted by atomic mass is 10.1. The predicted molar refractivity (Wildman–Crippen MR) is 148 cm³/mol. The number of carbonyl (C=O) groups is 1. The number of nitrogens with zero attached hydrogens (tertiary/aromatic N) is 2. The van der Waals surface area contributed by atoms with Crippen LogP contribution in [0.15, 0.2) is 88.8 Å². The van der Waals surface area contributed by atoms with E-state index >= 15 is 0 Å². The first-order valence-electron chi connectivity index (χ1n) is 11.3. The highest BCUT2D eigenvalue weighted by Gasteiger charge is 2.25. The lowest BCUT2D eigenvalue weighted by Gasteiger charge is -2.11. The van der Waals surface area contributed by atoms with Crippen molar-refractivity contribution in [3.05, 3.63) is 111 Å². The van der Waals surface area contributed by atoms with Crippen LogP contribution in [0.4, 0.5) is 5.69 Å². The van der Waals surface area contributed by atoms with Crippen molar-refractivity contribution in [2.75, 3.05) is 0 Å². The van der Waals surface area contributed by atoms with Crippen LogP contribution in [0.25, 0.3) is 22.9 Å². The highest BCUT2D eigenvalue weighted by molar-refractivity contribution is 8.18. The predicted octanol–water partition coefficient (Wildman–Crippen LogP) is 7.61. The Morgan fingerprint density at radius 1 is 0.914 bits per heavy atom. The minimum Gasteiger partial charge on any atom is -0.318 e. The summed E-state index contributed by atoms with van der Waals surface area (Å²) in [5, 5.41) is 4.11. The minimum atomic E-state index is -0.141. The second-order valence-corrected chi connectivity index (χ2v) is 9.95. The third-order valence-corrected chi connectivity index (χ3v) is 7.17. The first-order chi connectivity index (χ1) is 16.9. The van der Waals surface area contributed by atoms with Crippen LogP contribution in [0.3, 0.4) is 0 Å². The van der Waals surface area contributed by atoms with Crippen LogP contribution in [0.1, 0.15) is 22.5 Å². The maximum atomic E-state index is 12.7. The summed E-state index contributed by atoms with van der Waals surface area (Å²) in [6.07, 6.45) is 1.94. The Bertz CT molecular complexity index is 1480. The molecule has 35 heavy (non-hydrogen) atoms. The van der Waals surface area contributed by atoms with E-state index in [9.17, 15) is 4.79 Å². The number of halogens is 1. The Balaban J connectivity index is 1.41. The Hall–Kier alpha value is -3.54. The summed E-state index contributed by atoms with van der Waals surface area (Å²) in [4.78, 5) is 17.9. The molecule has 174 valence electrons. The molecular weight excluding hydrogens is 474 g/mol. The Morgan fingerprint density at radius 2 is 1.63 bits per heavy atom. The molecule has 0 aliphatic carbocycles. The van der Waals surface area contributed by atoms with Crippen LogP contribution < -0.4 is 5.32 Å². The first-order valence-corrected chi connectivity index (χ1v) is 12.5. The van der Waals surface area contributed by atoms with Gasteiger partial charge >= 0.3 is 0 Å². The number of hydrogen-bond acceptors (Lipinski definition) is 3. The number of aromatic nitrogens is 1. The summed E-state index contributed by atoms with van der Waals surface area (Å²) in [7, 11) is 0. The maximum Gasteiger partial charge on any atom is 0.264 e. The third kappa shape index (κ3) is 4.83. The standard InChI is InChI=1S/C29H24ClN3OS/c1-18-15-24(30)11-14-26(18)31-29-32-28(34)27(35-29)17-23-16-19(2)33(20(23)3)25-12-9-22(10-13-25)21-7-5-4-6-8-21/h4-17H,1-3H3,(H,31,32,34)/b27-17-. The number of hydrogen-bond donors (Lipinski definition) is 1. The van der Waals surface area contributed by atoms with E-state index < -0.39 is 0 Å². The lowest BCUT2D eigenvalue weighted by molar-refractivity contribution is -0.115. The average Bonchev–Trinajstić information content (AvgIpc) is 3.34. The zero-order chi connectivity index (χ0) is 24.5. The van der Waals surface area contributed by atoms with Gasteiger partial charge in [0, 0.05) is 22.1 Å². The molecule has 4 aromatic rings. The highest BCUT2D eigenvalue weighted by atomic mass is 35.5. The quantitative estimate of drug-likeness (QED) is 0.295. The van der Waals surface area contributed by atoms with Gasteiger partial charge in [0.1, 0.15) is 0 Å². The van der Waals surface area contributed by atoms with Gasteiger partial charge in [0.15, 0.2) is 5.17 Å². The van der Waals surface area contributed by atoms with Gasteiger partial charge in [-0.05, 0) is 97.3 Å². The SMILES string of the molecule is Cc1cc(Cl)ccc1N=C1NC(=O)/C(=C/c2cc(C)n(-c3ccc(-c4ccccc4)cc3)c2C)S1. The van der Waals surface area contributed by atoms with Crippen molar-refractivity contribution < 1.29 is 4.79 Å². The molecule has 1 N–H and O–H groups in total. The largest absolute Gasteiger partial charge is 0.318 e. The minimum absolute atomic E-state index is 0.141. The van der Waals surface area contributed by atoms with Gasteiger partial charge in [-0.25, -0.2) is 4.99 Å². The Labute approximate surface area is 214 Å². The summed E-state index contributed by atoms with van der Waals surface area (Å²) in [5.41, 5.74) is 8.41. The van der Waals surface area contributed by atoms with Crippen molar-refractivity contribution in [1.82, 2.24) is 9.88 Å². The Kier molecular flexibility index (Phi) is 6.37. The van der Waals surface area contributed by atoms with E-state index in [1.807, 2.05) is 43.3 Å². The van der Waals surface area contributed by atoms with Crippen LogP contribution in [-0.4, -0.2) is 15.6 Å². The molecule has 1 saturated heterocycles. The number of nitrogens with one attached hydrogen (secondary N) is 1. The average molecular weight is 498 g/mol. The number of benzene rings is 3. The molecule has 0 bridgehead atoms. The molecule has 6 heteroatoms. The van der Waals surface area contributed by atoms with E-state index in [4.69, 9.17) is 11.6 Å². The molecule has 0 radical (unpaired) electrons. The number of aryl methyl sites for hydroxylation is 2. The van der Waals surface area contributed by atoms with E-state index in [1.165, 1.54) is 22.9 Å². The molecule has 0 saturated carbocycles. The molecule has 0 spiro atoms. The van der Waals surface area contributed by atoms with Crippen LogP contribution in [0.2, 0.25) is 5.02 Å². The normalized spacial score (nSPS) is 15.7. The summed E-state index contributed by atoms with van der Waals surface area (Å²) in [5.74, 6) is -0.141. The van der Waals surface area contributed by atoms with Crippen LogP contribution in [0.5, 0.6) is 0 Å². The molecule has 5 rings (SSSR count). The molecule has 1 amide bonds. The molecule has 1 fully saturated rings. The fourth-order valence-electron chi connectivity index (χ4n) is 4.24. The molecule has 1 aliphatic heterocycles. The summed E-state index contributed by atoms with van der Waals surface area (Å²) < 4.78 is 2.21. The topological polar surface area (TPSA) is 46.4 Å². The third-order valence-electron chi connectivity index (χ3n) is 6.02. The van der Waals surface area contributed by atoms with Gasteiger partial charge in [0.25, 0.3) is 5.91 Å². The molecule has 1 aromatic heterocycles. The van der Waals surface area contributed by atoms with E-state index in [1.54, 1.807) is 6.07 Å². The summed E-state index contributed by atoms with van der Waals surface area (Å²) in [6.45, 7) is 6.11. The second-order valence-electron chi connectivity index (χ2n) is 8.49. The number of amides is 1. The van der Waals surface area contributed by atoms with Gasteiger partial charge in [0.05, 0.1) is 10.6 Å². The van der Waals surface area contributed by atoms with E-state index in [0.717, 1.165) is 33.9 Å². The zero-order valence-electron chi connectivity index (χ0n) is 19.7. The van der Waals surface area contributed by atoms with Crippen molar-refractivity contribution in [1.29, 1.82) is 0 Å². The van der Waals surface area contributed by atoms with Crippen molar-refractivity contribution in [3.8, 4) is 16.8 Å². The highest BCUT2D eigenvalue weighted by Crippen LogP contribution is 2.32. The van der Waals surface area contributed by atoms with Crippen molar-refractivity contribution in [3.63, 3.8) is 0 Å². The molecule has 0 unspecified atom stereocenters. The fourth-order valence-corrected chi connectivity index (χ4v) is 5.29. The van der Waals surface area contributed by atoms with Gasteiger partial charge < -0.3 is 9.88 Å². The van der Waals surface area contributed by atoms with Crippen LogP contribution in [0, 0.1) is 20.8 Å². The maximum absolute atomic E-state index is 12.7. The van der Waals surface area contributed by atoms with E-state index in [-0.39, 0.29) is 5.91 Å². The second kappa shape index (κ2) is 9.61. The van der Waals surface area contributed by atoms with Crippen molar-refractivity contribution in [2.24, 2.45) is 4.99 Å². The van der Waals surface area contributed by atoms with Crippen molar-refractivity contribution in [2.45, 2.75) is 20.8 Å². The van der Waals surface area contributed by atoms with E-state index in [2.05, 4.69) is 71.2 Å². The Morgan fingerprint density at radius 3 is 2.34 bits per heavy atom. The smallest absolute Gasteiger partial charge is 0.264 e. The van der Waals surface area contributed by atoms with Crippen LogP contribution >= 0.6 is 23.4 Å². The number of thioether (sulfide) groups is 1. The lowest BCUT2D eigenvalue weighted by Crippen LogP contribution is -2.19.